The van der Waals surface area contributed by atoms with E-state index in [1.54, 1.807) is 12.1 Å². The van der Waals surface area contributed by atoms with Crippen LogP contribution < -0.4 is 5.32 Å². The summed E-state index contributed by atoms with van der Waals surface area (Å²) in [4.78, 5) is 32.1. The molecular weight excluding hydrogens is 506 g/mol. The molecule has 1 N–H and O–H groups in total. The summed E-state index contributed by atoms with van der Waals surface area (Å²) in [5.74, 6) is -0.0398. The molecule has 1 aliphatic rings. The summed E-state index contributed by atoms with van der Waals surface area (Å²) in [6, 6.07) is 14.7. The van der Waals surface area contributed by atoms with E-state index in [1.165, 1.54) is 17.4 Å². The molecule has 1 aromatic heterocycles. The van der Waals surface area contributed by atoms with Crippen LogP contribution in [0.5, 0.6) is 0 Å². The first-order valence-corrected chi connectivity index (χ1v) is 12.3. The van der Waals surface area contributed by atoms with Gasteiger partial charge in [0.1, 0.15) is 0 Å². The minimum Gasteiger partial charge on any atom is -0.302 e. The van der Waals surface area contributed by atoms with Gasteiger partial charge in [-0.3, -0.25) is 19.8 Å². The van der Waals surface area contributed by atoms with Crippen LogP contribution in [0.4, 0.5) is 10.8 Å². The number of rotatable bonds is 8. The summed E-state index contributed by atoms with van der Waals surface area (Å²) in [7, 11) is 0. The van der Waals surface area contributed by atoms with Gasteiger partial charge in [-0.2, -0.15) is 0 Å². The Hall–Kier alpha value is -2.66. The number of piperazine rings is 1. The van der Waals surface area contributed by atoms with Crippen molar-refractivity contribution in [2.45, 2.75) is 13.0 Å². The Bertz CT molecular complexity index is 1130. The Morgan fingerprint density at radius 1 is 1.12 bits per heavy atom. The number of anilines is 1. The molecular formula is C23H24BrN5O3S. The topological polar surface area (TPSA) is 91.6 Å². The molecule has 1 aliphatic heterocycles. The van der Waals surface area contributed by atoms with E-state index in [2.05, 4.69) is 36.0 Å². The molecule has 1 amide bonds. The zero-order chi connectivity index (χ0) is 23.2. The van der Waals surface area contributed by atoms with E-state index in [-0.39, 0.29) is 16.5 Å². The van der Waals surface area contributed by atoms with Gasteiger partial charge in [-0.15, -0.1) is 11.3 Å². The van der Waals surface area contributed by atoms with E-state index in [9.17, 15) is 14.9 Å². The number of nitro groups is 1. The highest BCUT2D eigenvalue weighted by Gasteiger charge is 2.19. The monoisotopic (exact) mass is 529 g/mol. The molecule has 1 fully saturated rings. The van der Waals surface area contributed by atoms with E-state index in [1.807, 2.05) is 35.7 Å². The first-order chi connectivity index (χ1) is 16.0. The van der Waals surface area contributed by atoms with Gasteiger partial charge in [0.25, 0.3) is 5.69 Å². The van der Waals surface area contributed by atoms with Crippen LogP contribution in [0.25, 0.3) is 11.3 Å². The molecule has 0 spiro atoms. The number of benzene rings is 2. The number of nitro benzene ring substituents is 1. The van der Waals surface area contributed by atoms with Gasteiger partial charge in [0.15, 0.2) is 5.13 Å². The van der Waals surface area contributed by atoms with E-state index in [0.29, 0.717) is 24.6 Å². The quantitative estimate of drug-likeness (QED) is 0.338. The molecule has 0 unspecified atom stereocenters. The second-order valence-corrected chi connectivity index (χ2v) is 9.57. The zero-order valence-electron chi connectivity index (χ0n) is 17.9. The Balaban J connectivity index is 1.20. The van der Waals surface area contributed by atoms with Crippen LogP contribution >= 0.6 is 27.3 Å². The van der Waals surface area contributed by atoms with Gasteiger partial charge < -0.3 is 10.2 Å². The van der Waals surface area contributed by atoms with Crippen molar-refractivity contribution in [3.63, 3.8) is 0 Å². The molecule has 3 aromatic rings. The zero-order valence-corrected chi connectivity index (χ0v) is 20.3. The third-order valence-electron chi connectivity index (χ3n) is 5.55. The van der Waals surface area contributed by atoms with Crippen LogP contribution in [-0.2, 0) is 11.3 Å². The standard InChI is InChI=1S/C23H24BrN5O3S/c24-20-7-2-1-6-19(20)21-16-33-23(25-21)26-22(30)8-9-27-10-12-28(13-11-27)15-17-4-3-5-18(14-17)29(31)32/h1-7,14,16H,8-13,15H2,(H,25,26,30). The van der Waals surface area contributed by atoms with Crippen molar-refractivity contribution in [1.29, 1.82) is 0 Å². The molecule has 1 saturated heterocycles. The van der Waals surface area contributed by atoms with Gasteiger partial charge in [0.2, 0.25) is 5.91 Å². The fourth-order valence-electron chi connectivity index (χ4n) is 3.76. The van der Waals surface area contributed by atoms with E-state index in [4.69, 9.17) is 0 Å². The predicted octanol–water partition coefficient (Wildman–Crippen LogP) is 4.63. The average molecular weight is 530 g/mol. The van der Waals surface area contributed by atoms with Crippen LogP contribution in [0.2, 0.25) is 0 Å². The van der Waals surface area contributed by atoms with Gasteiger partial charge in [0.05, 0.1) is 10.6 Å². The number of nitrogens with zero attached hydrogens (tertiary/aromatic N) is 4. The van der Waals surface area contributed by atoms with Gasteiger partial charge >= 0.3 is 0 Å². The van der Waals surface area contributed by atoms with Gasteiger partial charge in [-0.05, 0) is 11.6 Å². The lowest BCUT2D eigenvalue weighted by Gasteiger charge is -2.34. The van der Waals surface area contributed by atoms with Crippen LogP contribution in [-0.4, -0.2) is 58.3 Å². The molecule has 172 valence electrons. The molecule has 2 heterocycles. The number of nitrogens with one attached hydrogen (secondary N) is 1. The summed E-state index contributed by atoms with van der Waals surface area (Å²) in [6.45, 7) is 4.86. The molecule has 8 nitrogen and oxygen atoms in total. The highest BCUT2D eigenvalue weighted by molar-refractivity contribution is 9.10. The molecule has 0 saturated carbocycles. The number of halogens is 1. The second-order valence-electron chi connectivity index (χ2n) is 7.86. The van der Waals surface area contributed by atoms with Crippen molar-refractivity contribution in [3.8, 4) is 11.3 Å². The molecule has 10 heteroatoms. The highest BCUT2D eigenvalue weighted by atomic mass is 79.9. The number of carbonyl (C=O) groups is 1. The molecule has 0 bridgehead atoms. The van der Waals surface area contributed by atoms with Crippen molar-refractivity contribution in [2.24, 2.45) is 0 Å². The Morgan fingerprint density at radius 3 is 2.64 bits per heavy atom. The minimum atomic E-state index is -0.361. The molecule has 0 atom stereocenters. The molecule has 2 aromatic carbocycles. The lowest BCUT2D eigenvalue weighted by Crippen LogP contribution is -2.46. The average Bonchev–Trinajstić information content (AvgIpc) is 3.27. The summed E-state index contributed by atoms with van der Waals surface area (Å²) in [5.41, 5.74) is 2.91. The fourth-order valence-corrected chi connectivity index (χ4v) is 4.98. The Kier molecular flexibility index (Phi) is 7.81. The maximum Gasteiger partial charge on any atom is 0.269 e. The first-order valence-electron chi connectivity index (χ1n) is 10.7. The number of amides is 1. The maximum absolute atomic E-state index is 12.4. The summed E-state index contributed by atoms with van der Waals surface area (Å²) in [6.07, 6.45) is 0.412. The maximum atomic E-state index is 12.4. The first kappa shape index (κ1) is 23.5. The third-order valence-corrected chi connectivity index (χ3v) is 7.00. The fraction of sp³-hybridized carbons (Fsp3) is 0.304. The molecule has 0 radical (unpaired) electrons. The molecule has 33 heavy (non-hydrogen) atoms. The third kappa shape index (κ3) is 6.44. The second kappa shape index (κ2) is 11.0. The minimum absolute atomic E-state index is 0.0398. The van der Waals surface area contributed by atoms with E-state index < -0.39 is 0 Å². The van der Waals surface area contributed by atoms with E-state index in [0.717, 1.165) is 47.5 Å². The van der Waals surface area contributed by atoms with Crippen molar-refractivity contribution in [3.05, 3.63) is 74.1 Å². The highest BCUT2D eigenvalue weighted by Crippen LogP contribution is 2.30. The summed E-state index contributed by atoms with van der Waals surface area (Å²) >= 11 is 4.96. The number of thiazole rings is 1. The van der Waals surface area contributed by atoms with Crippen LogP contribution in [0, 0.1) is 10.1 Å². The number of non-ortho nitro benzene ring substituents is 1. The lowest BCUT2D eigenvalue weighted by atomic mass is 10.1. The largest absolute Gasteiger partial charge is 0.302 e. The number of aromatic nitrogens is 1. The van der Waals surface area contributed by atoms with Crippen molar-refractivity contribution < 1.29 is 9.72 Å². The van der Waals surface area contributed by atoms with Crippen LogP contribution in [0.1, 0.15) is 12.0 Å². The number of carbonyl (C=O) groups excluding carboxylic acids is 1. The predicted molar refractivity (Wildman–Crippen MR) is 133 cm³/mol. The molecule has 4 rings (SSSR count). The molecule has 0 aliphatic carbocycles. The van der Waals surface area contributed by atoms with Crippen molar-refractivity contribution >= 4 is 44.0 Å². The van der Waals surface area contributed by atoms with Gasteiger partial charge in [0, 0.05) is 73.2 Å². The normalized spacial score (nSPS) is 14.8. The van der Waals surface area contributed by atoms with Gasteiger partial charge in [-0.25, -0.2) is 4.98 Å². The Labute approximate surface area is 204 Å². The van der Waals surface area contributed by atoms with Crippen LogP contribution in [0.3, 0.4) is 0 Å². The summed E-state index contributed by atoms with van der Waals surface area (Å²) < 4.78 is 0.970. The Morgan fingerprint density at radius 2 is 1.88 bits per heavy atom. The number of hydrogen-bond acceptors (Lipinski definition) is 7. The smallest absolute Gasteiger partial charge is 0.269 e. The van der Waals surface area contributed by atoms with Gasteiger partial charge in [-0.1, -0.05) is 46.3 Å². The van der Waals surface area contributed by atoms with Crippen LogP contribution in [0.15, 0.2) is 58.4 Å². The van der Waals surface area contributed by atoms with E-state index >= 15 is 0 Å². The number of hydrogen-bond donors (Lipinski definition) is 1. The van der Waals surface area contributed by atoms with Crippen molar-refractivity contribution in [2.75, 3.05) is 38.0 Å². The SMILES string of the molecule is O=C(CCN1CCN(Cc2cccc([N+](=O)[O-])c2)CC1)Nc1nc(-c2ccccc2Br)cs1. The lowest BCUT2D eigenvalue weighted by molar-refractivity contribution is -0.384. The summed E-state index contributed by atoms with van der Waals surface area (Å²) in [5, 5.41) is 16.4. The van der Waals surface area contributed by atoms with Crippen molar-refractivity contribution in [1.82, 2.24) is 14.8 Å².